The van der Waals surface area contributed by atoms with Gasteiger partial charge in [0.1, 0.15) is 18.2 Å². The maximum absolute atomic E-state index is 12.3. The summed E-state index contributed by atoms with van der Waals surface area (Å²) >= 11 is 0. The zero-order valence-corrected chi connectivity index (χ0v) is 14.6. The Hall–Kier alpha value is -3.48. The lowest BCUT2D eigenvalue weighted by Crippen LogP contribution is -2.37. The molecule has 2 heterocycles. The van der Waals surface area contributed by atoms with Crippen LogP contribution in [-0.4, -0.2) is 39.8 Å². The molecule has 3 aromatic rings. The summed E-state index contributed by atoms with van der Waals surface area (Å²) in [7, 11) is 0. The summed E-state index contributed by atoms with van der Waals surface area (Å²) in [5.74, 6) is 0.676. The normalized spacial score (nSPS) is 16.5. The molecule has 136 valence electrons. The molecule has 0 bridgehead atoms. The first-order valence-electron chi connectivity index (χ1n) is 8.79. The average Bonchev–Trinajstić information content (AvgIpc) is 3.03. The van der Waals surface area contributed by atoms with Crippen molar-refractivity contribution in [2.75, 3.05) is 11.9 Å². The van der Waals surface area contributed by atoms with E-state index in [0.717, 1.165) is 28.0 Å². The van der Waals surface area contributed by atoms with Crippen LogP contribution >= 0.6 is 0 Å². The Balaban J connectivity index is 1.59. The zero-order chi connectivity index (χ0) is 18.6. The molecular weight excluding hydrogens is 342 g/mol. The summed E-state index contributed by atoms with van der Waals surface area (Å²) in [4.78, 5) is 33.4. The third-order valence-corrected chi connectivity index (χ3v) is 4.68. The molecule has 0 radical (unpaired) electrons. The largest absolute Gasteiger partial charge is 0.347 e. The molecule has 0 saturated carbocycles. The minimum Gasteiger partial charge on any atom is -0.347 e. The molecule has 4 rings (SSSR count). The molecule has 1 saturated heterocycles. The van der Waals surface area contributed by atoms with Crippen molar-refractivity contribution >= 4 is 34.7 Å². The van der Waals surface area contributed by atoms with Crippen LogP contribution in [-0.2, 0) is 16.1 Å². The molecule has 1 aromatic heterocycles. The third kappa shape index (κ3) is 3.57. The number of amides is 2. The molecule has 27 heavy (non-hydrogen) atoms. The second kappa shape index (κ2) is 7.41. The Kier molecular flexibility index (Phi) is 4.65. The summed E-state index contributed by atoms with van der Waals surface area (Å²) in [6.07, 6.45) is 2.75. The Labute approximate surface area is 156 Å². The Morgan fingerprint density at radius 1 is 1.15 bits per heavy atom. The van der Waals surface area contributed by atoms with Gasteiger partial charge in [-0.15, -0.1) is 0 Å². The number of rotatable bonds is 6. The minimum atomic E-state index is -0.415. The van der Waals surface area contributed by atoms with E-state index >= 15 is 0 Å². The van der Waals surface area contributed by atoms with Gasteiger partial charge in [-0.1, -0.05) is 24.3 Å². The SMILES string of the molecule is O=CN[C@H]1CCN(Cc2ccc3ncnc(Nc4ccccc4)c3c2)C1=O. The predicted molar refractivity (Wildman–Crippen MR) is 102 cm³/mol. The fraction of sp³-hybridized carbons (Fsp3) is 0.200. The number of carbonyl (C=O) groups is 2. The highest BCUT2D eigenvalue weighted by atomic mass is 16.2. The molecule has 0 aliphatic carbocycles. The van der Waals surface area contributed by atoms with Crippen molar-refractivity contribution in [3.8, 4) is 0 Å². The monoisotopic (exact) mass is 361 g/mol. The summed E-state index contributed by atoms with van der Waals surface area (Å²) in [6, 6.07) is 15.3. The van der Waals surface area contributed by atoms with Crippen LogP contribution in [0.15, 0.2) is 54.9 Å². The minimum absolute atomic E-state index is 0.0471. The van der Waals surface area contributed by atoms with Crippen molar-refractivity contribution in [1.82, 2.24) is 20.2 Å². The van der Waals surface area contributed by atoms with Gasteiger partial charge in [0.2, 0.25) is 12.3 Å². The van der Waals surface area contributed by atoms with Gasteiger partial charge >= 0.3 is 0 Å². The lowest BCUT2D eigenvalue weighted by Gasteiger charge is -2.17. The number of benzene rings is 2. The van der Waals surface area contributed by atoms with E-state index in [1.165, 1.54) is 6.33 Å². The van der Waals surface area contributed by atoms with E-state index < -0.39 is 6.04 Å². The number of fused-ring (bicyclic) bond motifs is 1. The lowest BCUT2D eigenvalue weighted by molar-refractivity contribution is -0.131. The first-order valence-corrected chi connectivity index (χ1v) is 8.79. The van der Waals surface area contributed by atoms with Crippen molar-refractivity contribution in [3.63, 3.8) is 0 Å². The first-order chi connectivity index (χ1) is 13.2. The van der Waals surface area contributed by atoms with Crippen LogP contribution in [0.5, 0.6) is 0 Å². The third-order valence-electron chi connectivity index (χ3n) is 4.68. The van der Waals surface area contributed by atoms with Gasteiger partial charge in [0.05, 0.1) is 5.52 Å². The average molecular weight is 361 g/mol. The molecule has 1 aliphatic rings. The van der Waals surface area contributed by atoms with Crippen LogP contribution in [0.3, 0.4) is 0 Å². The highest BCUT2D eigenvalue weighted by molar-refractivity contribution is 5.91. The fourth-order valence-electron chi connectivity index (χ4n) is 3.31. The van der Waals surface area contributed by atoms with E-state index in [-0.39, 0.29) is 5.91 Å². The molecule has 1 aliphatic heterocycles. The summed E-state index contributed by atoms with van der Waals surface area (Å²) in [5, 5.41) is 6.79. The molecule has 1 atom stereocenters. The van der Waals surface area contributed by atoms with E-state index in [0.29, 0.717) is 25.9 Å². The number of likely N-dealkylation sites (tertiary alicyclic amines) is 1. The van der Waals surface area contributed by atoms with Crippen molar-refractivity contribution in [1.29, 1.82) is 0 Å². The van der Waals surface area contributed by atoms with Crippen molar-refractivity contribution in [3.05, 3.63) is 60.4 Å². The summed E-state index contributed by atoms with van der Waals surface area (Å²) in [5.41, 5.74) is 2.77. The molecule has 7 heteroatoms. The standard InChI is InChI=1S/C20H19N5O2/c26-13-23-18-8-9-25(20(18)27)11-14-6-7-17-16(10-14)19(22-12-21-17)24-15-4-2-1-3-5-15/h1-7,10,12-13,18H,8-9,11H2,(H,23,26)(H,21,22,24)/t18-/m0/s1. The summed E-state index contributed by atoms with van der Waals surface area (Å²) in [6.45, 7) is 1.12. The van der Waals surface area contributed by atoms with E-state index in [1.54, 1.807) is 4.90 Å². The number of carbonyl (C=O) groups excluding carboxylic acids is 2. The van der Waals surface area contributed by atoms with E-state index in [4.69, 9.17) is 0 Å². The van der Waals surface area contributed by atoms with Gasteiger partial charge in [0, 0.05) is 24.2 Å². The smallest absolute Gasteiger partial charge is 0.245 e. The maximum Gasteiger partial charge on any atom is 0.245 e. The summed E-state index contributed by atoms with van der Waals surface area (Å²) < 4.78 is 0. The molecule has 2 N–H and O–H groups in total. The molecule has 1 fully saturated rings. The van der Waals surface area contributed by atoms with Gasteiger partial charge in [-0.25, -0.2) is 9.97 Å². The number of hydrogen-bond acceptors (Lipinski definition) is 5. The molecular formula is C20H19N5O2. The molecule has 2 aromatic carbocycles. The highest BCUT2D eigenvalue weighted by Crippen LogP contribution is 2.25. The quantitative estimate of drug-likeness (QED) is 0.658. The lowest BCUT2D eigenvalue weighted by atomic mass is 10.1. The predicted octanol–water partition coefficient (Wildman–Crippen LogP) is 2.22. The molecule has 2 amide bonds. The van der Waals surface area contributed by atoms with Gasteiger partial charge in [-0.2, -0.15) is 0 Å². The van der Waals surface area contributed by atoms with E-state index in [2.05, 4.69) is 20.6 Å². The van der Waals surface area contributed by atoms with Gasteiger partial charge in [0.15, 0.2) is 0 Å². The Morgan fingerprint density at radius 3 is 2.81 bits per heavy atom. The van der Waals surface area contributed by atoms with Crippen LogP contribution in [0.2, 0.25) is 0 Å². The number of anilines is 2. The Morgan fingerprint density at radius 2 is 2.00 bits per heavy atom. The van der Waals surface area contributed by atoms with E-state index in [9.17, 15) is 9.59 Å². The number of nitrogens with one attached hydrogen (secondary N) is 2. The zero-order valence-electron chi connectivity index (χ0n) is 14.6. The van der Waals surface area contributed by atoms with Crippen LogP contribution in [0.25, 0.3) is 10.9 Å². The number of para-hydroxylation sites is 1. The highest BCUT2D eigenvalue weighted by Gasteiger charge is 2.31. The number of nitrogens with zero attached hydrogens (tertiary/aromatic N) is 3. The van der Waals surface area contributed by atoms with E-state index in [1.807, 2.05) is 48.5 Å². The first kappa shape index (κ1) is 17.0. The second-order valence-corrected chi connectivity index (χ2v) is 6.45. The number of hydrogen-bond donors (Lipinski definition) is 2. The van der Waals surface area contributed by atoms with Gasteiger partial charge < -0.3 is 15.5 Å². The van der Waals surface area contributed by atoms with Crippen molar-refractivity contribution in [2.45, 2.75) is 19.0 Å². The van der Waals surface area contributed by atoms with Gasteiger partial charge in [0.25, 0.3) is 0 Å². The van der Waals surface area contributed by atoms with Crippen LogP contribution in [0.4, 0.5) is 11.5 Å². The number of aromatic nitrogens is 2. The van der Waals surface area contributed by atoms with Crippen molar-refractivity contribution in [2.24, 2.45) is 0 Å². The van der Waals surface area contributed by atoms with Crippen LogP contribution in [0.1, 0.15) is 12.0 Å². The maximum atomic E-state index is 12.3. The molecule has 0 spiro atoms. The second-order valence-electron chi connectivity index (χ2n) is 6.45. The fourth-order valence-corrected chi connectivity index (χ4v) is 3.31. The van der Waals surface area contributed by atoms with Gasteiger partial charge in [-0.05, 0) is 36.2 Å². The Bertz CT molecular complexity index is 977. The van der Waals surface area contributed by atoms with Gasteiger partial charge in [-0.3, -0.25) is 9.59 Å². The van der Waals surface area contributed by atoms with Crippen LogP contribution < -0.4 is 10.6 Å². The van der Waals surface area contributed by atoms with Crippen molar-refractivity contribution < 1.29 is 9.59 Å². The molecule has 0 unspecified atom stereocenters. The van der Waals surface area contributed by atoms with Crippen LogP contribution in [0, 0.1) is 0 Å². The molecule has 7 nitrogen and oxygen atoms in total. The topological polar surface area (TPSA) is 87.2 Å².